The van der Waals surface area contributed by atoms with Crippen molar-refractivity contribution in [3.05, 3.63) is 64.1 Å². The Balaban J connectivity index is 1.87. The number of hydrogen-bond donors (Lipinski definition) is 2. The van der Waals surface area contributed by atoms with E-state index in [9.17, 15) is 14.7 Å². The highest BCUT2D eigenvalue weighted by molar-refractivity contribution is 7.13. The number of aromatic nitrogens is 1. The predicted molar refractivity (Wildman–Crippen MR) is 115 cm³/mol. The van der Waals surface area contributed by atoms with Crippen LogP contribution >= 0.6 is 22.9 Å². The lowest BCUT2D eigenvalue weighted by molar-refractivity contribution is -0.137. The second-order valence-corrected chi connectivity index (χ2v) is 7.55. The van der Waals surface area contributed by atoms with Crippen molar-refractivity contribution in [3.63, 3.8) is 0 Å². The first-order valence-corrected chi connectivity index (χ1v) is 10.1. The quantitative estimate of drug-likeness (QED) is 0.531. The van der Waals surface area contributed by atoms with E-state index in [4.69, 9.17) is 21.1 Å². The van der Waals surface area contributed by atoms with Gasteiger partial charge in [-0.1, -0.05) is 35.9 Å². The average molecular weight is 447 g/mol. The molecule has 0 fully saturated rings. The van der Waals surface area contributed by atoms with Gasteiger partial charge in [-0.25, -0.2) is 4.98 Å². The molecule has 0 unspecified atom stereocenters. The molecule has 1 heterocycles. The number of thiazole rings is 1. The van der Waals surface area contributed by atoms with Gasteiger partial charge in [0.15, 0.2) is 11.5 Å². The van der Waals surface area contributed by atoms with Crippen molar-refractivity contribution in [1.29, 1.82) is 0 Å². The molecule has 156 valence electrons. The lowest BCUT2D eigenvalue weighted by Crippen LogP contribution is -2.30. The molecule has 1 aromatic heterocycles. The summed E-state index contributed by atoms with van der Waals surface area (Å²) in [5.41, 5.74) is 1.53. The number of carboxylic acids is 1. The normalized spacial score (nSPS) is 11.6. The van der Waals surface area contributed by atoms with Crippen LogP contribution in [0.2, 0.25) is 5.02 Å². The molecule has 0 aliphatic heterocycles. The number of para-hydroxylation sites is 1. The number of aliphatic carboxylic acids is 1. The second-order valence-electron chi connectivity index (χ2n) is 6.25. The molecule has 0 bridgehead atoms. The predicted octanol–water partition coefficient (Wildman–Crippen LogP) is 4.43. The maximum absolute atomic E-state index is 12.8. The molecule has 1 amide bonds. The summed E-state index contributed by atoms with van der Waals surface area (Å²) in [4.78, 5) is 28.6. The van der Waals surface area contributed by atoms with E-state index in [-0.39, 0.29) is 12.1 Å². The van der Waals surface area contributed by atoms with Crippen molar-refractivity contribution in [3.8, 4) is 22.1 Å². The van der Waals surface area contributed by atoms with E-state index < -0.39 is 17.9 Å². The molecule has 3 rings (SSSR count). The fourth-order valence-electron chi connectivity index (χ4n) is 2.94. The standard InChI is InChI=1S/C21H19ClN2O5S/c1-28-17-5-3-4-14(19(17)29-2)15(10-18(25)26)23-20(27)16-11-30-21(24-16)12-6-8-13(22)9-7-12/h3-9,11,15H,10H2,1-2H3,(H,23,27)(H,25,26)/t15-/m0/s1. The summed E-state index contributed by atoms with van der Waals surface area (Å²) >= 11 is 7.22. The number of carbonyl (C=O) groups is 2. The Morgan fingerprint density at radius 2 is 1.90 bits per heavy atom. The highest BCUT2D eigenvalue weighted by Gasteiger charge is 2.25. The lowest BCUT2D eigenvalue weighted by Gasteiger charge is -2.21. The van der Waals surface area contributed by atoms with Gasteiger partial charge in [0.1, 0.15) is 10.7 Å². The van der Waals surface area contributed by atoms with Gasteiger partial charge in [-0.2, -0.15) is 0 Å². The number of halogens is 1. The molecule has 7 nitrogen and oxygen atoms in total. The van der Waals surface area contributed by atoms with E-state index >= 15 is 0 Å². The van der Waals surface area contributed by atoms with E-state index in [0.29, 0.717) is 27.1 Å². The van der Waals surface area contributed by atoms with Crippen LogP contribution in [-0.4, -0.2) is 36.2 Å². The van der Waals surface area contributed by atoms with Crippen molar-refractivity contribution in [2.75, 3.05) is 14.2 Å². The smallest absolute Gasteiger partial charge is 0.305 e. The van der Waals surface area contributed by atoms with Crippen LogP contribution in [-0.2, 0) is 4.79 Å². The lowest BCUT2D eigenvalue weighted by atomic mass is 10.0. The van der Waals surface area contributed by atoms with Gasteiger partial charge in [-0.05, 0) is 18.2 Å². The van der Waals surface area contributed by atoms with Crippen molar-refractivity contribution in [1.82, 2.24) is 10.3 Å². The van der Waals surface area contributed by atoms with Crippen LogP contribution in [0, 0.1) is 0 Å². The van der Waals surface area contributed by atoms with Gasteiger partial charge in [0.25, 0.3) is 5.91 Å². The fraction of sp³-hybridized carbons (Fsp3) is 0.190. The third kappa shape index (κ3) is 4.90. The third-order valence-electron chi connectivity index (χ3n) is 4.32. The molecule has 0 spiro atoms. The number of ether oxygens (including phenoxy) is 2. The number of nitrogens with one attached hydrogen (secondary N) is 1. The van der Waals surface area contributed by atoms with E-state index in [0.717, 1.165) is 5.56 Å². The fourth-order valence-corrected chi connectivity index (χ4v) is 3.87. The summed E-state index contributed by atoms with van der Waals surface area (Å²) in [5, 5.41) is 15.0. The van der Waals surface area contributed by atoms with Gasteiger partial charge in [-0.3, -0.25) is 9.59 Å². The summed E-state index contributed by atoms with van der Waals surface area (Å²) in [6.07, 6.45) is -0.330. The molecule has 0 saturated heterocycles. The van der Waals surface area contributed by atoms with E-state index in [1.807, 2.05) is 12.1 Å². The van der Waals surface area contributed by atoms with Crippen molar-refractivity contribution >= 4 is 34.8 Å². The van der Waals surface area contributed by atoms with E-state index in [1.54, 1.807) is 35.7 Å². The zero-order valence-electron chi connectivity index (χ0n) is 16.2. The van der Waals surface area contributed by atoms with Crippen LogP contribution in [0.25, 0.3) is 10.6 Å². The number of amides is 1. The Morgan fingerprint density at radius 3 is 2.53 bits per heavy atom. The zero-order valence-corrected chi connectivity index (χ0v) is 17.8. The Kier molecular flexibility index (Phi) is 6.91. The molecule has 30 heavy (non-hydrogen) atoms. The second kappa shape index (κ2) is 9.60. The minimum Gasteiger partial charge on any atom is -0.493 e. The van der Waals surface area contributed by atoms with Gasteiger partial charge in [0.05, 0.1) is 26.7 Å². The summed E-state index contributed by atoms with van der Waals surface area (Å²) in [6, 6.07) is 11.4. The van der Waals surface area contributed by atoms with Gasteiger partial charge in [-0.15, -0.1) is 11.3 Å². The SMILES string of the molecule is COc1cccc([C@H](CC(=O)O)NC(=O)c2csc(-c3ccc(Cl)cc3)n2)c1OC. The third-order valence-corrected chi connectivity index (χ3v) is 5.46. The van der Waals surface area contributed by atoms with Crippen LogP contribution in [0.5, 0.6) is 11.5 Å². The molecule has 0 aliphatic rings. The first-order chi connectivity index (χ1) is 14.4. The highest BCUT2D eigenvalue weighted by atomic mass is 35.5. The van der Waals surface area contributed by atoms with Crippen LogP contribution in [0.4, 0.5) is 0 Å². The molecule has 0 saturated carbocycles. The molecular weight excluding hydrogens is 428 g/mol. The number of methoxy groups -OCH3 is 2. The van der Waals surface area contributed by atoms with Crippen molar-refractivity contribution in [2.24, 2.45) is 0 Å². The average Bonchev–Trinajstić information content (AvgIpc) is 3.23. The number of rotatable bonds is 8. The summed E-state index contributed by atoms with van der Waals surface area (Å²) in [6.45, 7) is 0. The molecule has 0 aliphatic carbocycles. The molecular formula is C21H19ClN2O5S. The zero-order chi connectivity index (χ0) is 21.7. The van der Waals surface area contributed by atoms with Gasteiger partial charge >= 0.3 is 5.97 Å². The van der Waals surface area contributed by atoms with Crippen molar-refractivity contribution < 1.29 is 24.2 Å². The van der Waals surface area contributed by atoms with Crippen LogP contribution in [0.3, 0.4) is 0 Å². The van der Waals surface area contributed by atoms with Crippen LogP contribution in [0.15, 0.2) is 47.8 Å². The largest absolute Gasteiger partial charge is 0.493 e. The maximum Gasteiger partial charge on any atom is 0.305 e. The first-order valence-electron chi connectivity index (χ1n) is 8.88. The van der Waals surface area contributed by atoms with Crippen LogP contribution < -0.4 is 14.8 Å². The minimum absolute atomic E-state index is 0.196. The number of hydrogen-bond acceptors (Lipinski definition) is 6. The number of benzene rings is 2. The van der Waals surface area contributed by atoms with E-state index in [1.165, 1.54) is 25.6 Å². The monoisotopic (exact) mass is 446 g/mol. The number of nitrogens with zero attached hydrogens (tertiary/aromatic N) is 1. The van der Waals surface area contributed by atoms with Crippen LogP contribution in [0.1, 0.15) is 28.5 Å². The molecule has 9 heteroatoms. The highest BCUT2D eigenvalue weighted by Crippen LogP contribution is 2.36. The Hall–Kier alpha value is -3.10. The van der Waals surface area contributed by atoms with Gasteiger partial charge in [0.2, 0.25) is 0 Å². The molecule has 1 atom stereocenters. The summed E-state index contributed by atoms with van der Waals surface area (Å²) in [7, 11) is 2.94. The molecule has 0 radical (unpaired) electrons. The Labute approximate surface area is 182 Å². The van der Waals surface area contributed by atoms with E-state index in [2.05, 4.69) is 10.3 Å². The Bertz CT molecular complexity index is 1050. The molecule has 3 aromatic rings. The molecule has 2 aromatic carbocycles. The Morgan fingerprint density at radius 1 is 1.17 bits per heavy atom. The number of carboxylic acid groups (broad SMARTS) is 1. The summed E-state index contributed by atoms with van der Waals surface area (Å²) < 4.78 is 10.7. The minimum atomic E-state index is -1.06. The number of carbonyl (C=O) groups excluding carboxylic acids is 1. The van der Waals surface area contributed by atoms with Crippen molar-refractivity contribution in [2.45, 2.75) is 12.5 Å². The first kappa shape index (κ1) is 21.6. The maximum atomic E-state index is 12.8. The van der Waals surface area contributed by atoms with Gasteiger partial charge < -0.3 is 19.9 Å². The van der Waals surface area contributed by atoms with Gasteiger partial charge in [0, 0.05) is 21.5 Å². The molecule has 2 N–H and O–H groups in total. The summed E-state index contributed by atoms with van der Waals surface area (Å²) in [5.74, 6) is -0.738. The topological polar surface area (TPSA) is 97.8 Å².